The molecule has 3 heterocycles. The maximum Gasteiger partial charge on any atom is 0.353 e. The Bertz CT molecular complexity index is 1330. The van der Waals surface area contributed by atoms with E-state index in [2.05, 4.69) is 30.6 Å². The lowest BCUT2D eigenvalue weighted by atomic mass is 10.2. The third kappa shape index (κ3) is 3.44. The standard InChI is InChI=1S/C22H15N7O2/c30-29(31)20-21(27-17-9-2-8-16-15(17)7-4-11-23-16)25-13-26-22(20)28-18-10-1-5-14-6-3-12-24-19(14)18/h1-13H,(H2,25,26,27,28). The van der Waals surface area contributed by atoms with Crippen molar-refractivity contribution in [2.75, 3.05) is 10.6 Å². The number of benzene rings is 2. The molecular weight excluding hydrogens is 394 g/mol. The molecule has 3 aromatic heterocycles. The van der Waals surface area contributed by atoms with E-state index in [4.69, 9.17) is 0 Å². The van der Waals surface area contributed by atoms with Gasteiger partial charge in [0.2, 0.25) is 11.6 Å². The minimum atomic E-state index is -0.507. The second-order valence-electron chi connectivity index (χ2n) is 6.68. The summed E-state index contributed by atoms with van der Waals surface area (Å²) in [5.41, 5.74) is 2.46. The highest BCUT2D eigenvalue weighted by atomic mass is 16.6. The van der Waals surface area contributed by atoms with Crippen LogP contribution < -0.4 is 10.6 Å². The normalized spacial score (nSPS) is 10.8. The fourth-order valence-electron chi connectivity index (χ4n) is 3.41. The second kappa shape index (κ2) is 7.64. The van der Waals surface area contributed by atoms with Gasteiger partial charge in [-0.3, -0.25) is 20.1 Å². The van der Waals surface area contributed by atoms with Crippen molar-refractivity contribution < 1.29 is 4.92 Å². The Hall–Kier alpha value is -4.66. The first kappa shape index (κ1) is 18.4. The fourth-order valence-corrected chi connectivity index (χ4v) is 3.41. The van der Waals surface area contributed by atoms with Crippen LogP contribution in [0.4, 0.5) is 28.7 Å². The van der Waals surface area contributed by atoms with Crippen LogP contribution in [0.3, 0.4) is 0 Å². The zero-order chi connectivity index (χ0) is 21.2. The molecular formula is C22H15N7O2. The summed E-state index contributed by atoms with van der Waals surface area (Å²) < 4.78 is 0. The lowest BCUT2D eigenvalue weighted by Crippen LogP contribution is -2.06. The molecule has 0 spiro atoms. The molecule has 0 atom stereocenters. The van der Waals surface area contributed by atoms with Crippen molar-refractivity contribution in [1.29, 1.82) is 0 Å². The number of hydrogen-bond acceptors (Lipinski definition) is 8. The average molecular weight is 409 g/mol. The number of fused-ring (bicyclic) bond motifs is 2. The first-order valence-corrected chi connectivity index (χ1v) is 9.41. The van der Waals surface area contributed by atoms with Gasteiger partial charge in [-0.05, 0) is 36.4 Å². The molecule has 0 fully saturated rings. The first-order valence-electron chi connectivity index (χ1n) is 9.41. The predicted molar refractivity (Wildman–Crippen MR) is 119 cm³/mol. The average Bonchev–Trinajstić information content (AvgIpc) is 2.79. The zero-order valence-electron chi connectivity index (χ0n) is 16.1. The van der Waals surface area contributed by atoms with Gasteiger partial charge in [0.1, 0.15) is 6.33 Å². The number of pyridine rings is 2. The van der Waals surface area contributed by atoms with Crippen molar-refractivity contribution >= 4 is 50.5 Å². The van der Waals surface area contributed by atoms with Crippen molar-refractivity contribution in [3.05, 3.63) is 89.5 Å². The second-order valence-corrected chi connectivity index (χ2v) is 6.68. The molecule has 9 heteroatoms. The molecule has 150 valence electrons. The number of anilines is 4. The van der Waals surface area contributed by atoms with Gasteiger partial charge in [0.15, 0.2) is 0 Å². The molecule has 9 nitrogen and oxygen atoms in total. The van der Waals surface area contributed by atoms with E-state index in [1.54, 1.807) is 18.5 Å². The summed E-state index contributed by atoms with van der Waals surface area (Å²) in [6.45, 7) is 0. The van der Waals surface area contributed by atoms with Crippen molar-refractivity contribution in [2.24, 2.45) is 0 Å². The molecule has 0 aliphatic rings. The summed E-state index contributed by atoms with van der Waals surface area (Å²) >= 11 is 0. The van der Waals surface area contributed by atoms with E-state index in [0.717, 1.165) is 16.3 Å². The number of aromatic nitrogens is 4. The van der Waals surface area contributed by atoms with Crippen molar-refractivity contribution in [2.45, 2.75) is 0 Å². The molecule has 0 aliphatic carbocycles. The van der Waals surface area contributed by atoms with Gasteiger partial charge in [-0.2, -0.15) is 0 Å². The molecule has 2 aromatic carbocycles. The maximum absolute atomic E-state index is 12.0. The smallest absolute Gasteiger partial charge is 0.334 e. The van der Waals surface area contributed by atoms with Crippen LogP contribution in [0.5, 0.6) is 0 Å². The maximum atomic E-state index is 12.0. The third-order valence-corrected chi connectivity index (χ3v) is 4.79. The van der Waals surface area contributed by atoms with Crippen molar-refractivity contribution in [1.82, 2.24) is 19.9 Å². The Labute approximate surface area is 176 Å². The number of nitrogens with one attached hydrogen (secondary N) is 2. The molecule has 0 radical (unpaired) electrons. The number of rotatable bonds is 5. The van der Waals surface area contributed by atoms with Gasteiger partial charge >= 0.3 is 5.69 Å². The van der Waals surface area contributed by atoms with Gasteiger partial charge in [0, 0.05) is 28.9 Å². The molecule has 5 aromatic rings. The van der Waals surface area contributed by atoms with E-state index in [0.29, 0.717) is 16.9 Å². The Morgan fingerprint density at radius 2 is 1.42 bits per heavy atom. The van der Waals surface area contributed by atoms with Crippen molar-refractivity contribution in [3.63, 3.8) is 0 Å². The van der Waals surface area contributed by atoms with E-state index in [-0.39, 0.29) is 17.3 Å². The first-order chi connectivity index (χ1) is 15.2. The molecule has 0 unspecified atom stereocenters. The third-order valence-electron chi connectivity index (χ3n) is 4.79. The highest BCUT2D eigenvalue weighted by Gasteiger charge is 2.24. The highest BCUT2D eigenvalue weighted by molar-refractivity contribution is 5.95. The van der Waals surface area contributed by atoms with Gasteiger partial charge in [0.05, 0.1) is 21.6 Å². The largest absolute Gasteiger partial charge is 0.353 e. The summed E-state index contributed by atoms with van der Waals surface area (Å²) in [6, 6.07) is 18.5. The monoisotopic (exact) mass is 409 g/mol. The predicted octanol–water partition coefficient (Wildman–Crippen LogP) is 4.97. The molecule has 0 amide bonds. The van der Waals surface area contributed by atoms with Gasteiger partial charge in [0.25, 0.3) is 0 Å². The van der Waals surface area contributed by atoms with Crippen LogP contribution in [0.2, 0.25) is 0 Å². The Morgan fingerprint density at radius 3 is 2.26 bits per heavy atom. The minimum absolute atomic E-state index is 0.0685. The quantitative estimate of drug-likeness (QED) is 0.308. The number of nitro groups is 1. The molecule has 0 bridgehead atoms. The van der Waals surface area contributed by atoms with Crippen LogP contribution in [0.25, 0.3) is 21.8 Å². The van der Waals surface area contributed by atoms with Gasteiger partial charge in [-0.15, -0.1) is 0 Å². The SMILES string of the molecule is O=[N+]([O-])c1c(Nc2cccc3ncccc23)ncnc1Nc1cccc2cccnc12. The number of hydrogen-bond donors (Lipinski definition) is 2. The Kier molecular flexibility index (Phi) is 4.53. The summed E-state index contributed by atoms with van der Waals surface area (Å²) in [6.07, 6.45) is 4.64. The van der Waals surface area contributed by atoms with Crippen molar-refractivity contribution in [3.8, 4) is 0 Å². The van der Waals surface area contributed by atoms with Gasteiger partial charge < -0.3 is 10.6 Å². The molecule has 0 aliphatic heterocycles. The molecule has 31 heavy (non-hydrogen) atoms. The Balaban J connectivity index is 1.59. The molecule has 5 rings (SSSR count). The summed E-state index contributed by atoms with van der Waals surface area (Å²) in [5.74, 6) is 0.145. The lowest BCUT2D eigenvalue weighted by Gasteiger charge is -2.12. The van der Waals surface area contributed by atoms with E-state index in [1.807, 2.05) is 54.6 Å². The van der Waals surface area contributed by atoms with Crippen LogP contribution in [-0.2, 0) is 0 Å². The van der Waals surface area contributed by atoms with Crippen LogP contribution in [-0.4, -0.2) is 24.9 Å². The summed E-state index contributed by atoms with van der Waals surface area (Å²) in [5, 5.41) is 19.8. The lowest BCUT2D eigenvalue weighted by molar-refractivity contribution is -0.383. The van der Waals surface area contributed by atoms with E-state index < -0.39 is 4.92 Å². The zero-order valence-corrected chi connectivity index (χ0v) is 16.1. The van der Waals surface area contributed by atoms with E-state index in [9.17, 15) is 10.1 Å². The van der Waals surface area contributed by atoms with Crippen LogP contribution >= 0.6 is 0 Å². The minimum Gasteiger partial charge on any atom is -0.334 e. The van der Waals surface area contributed by atoms with Crippen LogP contribution in [0, 0.1) is 10.1 Å². The number of para-hydroxylation sites is 1. The van der Waals surface area contributed by atoms with Crippen LogP contribution in [0.15, 0.2) is 79.4 Å². The Morgan fingerprint density at radius 1 is 0.742 bits per heavy atom. The number of nitrogens with zero attached hydrogens (tertiary/aromatic N) is 5. The van der Waals surface area contributed by atoms with E-state index >= 15 is 0 Å². The van der Waals surface area contributed by atoms with E-state index in [1.165, 1.54) is 6.33 Å². The fraction of sp³-hybridized carbons (Fsp3) is 0. The van der Waals surface area contributed by atoms with Gasteiger partial charge in [-0.1, -0.05) is 24.3 Å². The highest BCUT2D eigenvalue weighted by Crippen LogP contribution is 2.35. The topological polar surface area (TPSA) is 119 Å². The van der Waals surface area contributed by atoms with Crippen LogP contribution in [0.1, 0.15) is 0 Å². The van der Waals surface area contributed by atoms with Gasteiger partial charge in [-0.25, -0.2) is 9.97 Å². The summed E-state index contributed by atoms with van der Waals surface area (Å²) in [7, 11) is 0. The summed E-state index contributed by atoms with van der Waals surface area (Å²) in [4.78, 5) is 28.4. The molecule has 0 saturated heterocycles. The molecule has 0 saturated carbocycles. The molecule has 2 N–H and O–H groups in total.